The van der Waals surface area contributed by atoms with E-state index in [-0.39, 0.29) is 29.2 Å². The van der Waals surface area contributed by atoms with Gasteiger partial charge in [0.2, 0.25) is 0 Å². The number of para-hydroxylation sites is 1. The number of nitrogens with zero attached hydrogens (tertiary/aromatic N) is 4. The fourth-order valence-electron chi connectivity index (χ4n) is 2.01. The topological polar surface area (TPSA) is 76.9 Å². The molecule has 0 aliphatic carbocycles. The maximum Gasteiger partial charge on any atom is 0.318 e. The summed E-state index contributed by atoms with van der Waals surface area (Å²) >= 11 is 5.05. The van der Waals surface area contributed by atoms with Gasteiger partial charge in [-0.3, -0.25) is 4.68 Å². The predicted molar refractivity (Wildman–Crippen MR) is 95.8 cm³/mol. The van der Waals surface area contributed by atoms with Crippen molar-refractivity contribution < 1.29 is 13.5 Å². The van der Waals surface area contributed by atoms with Crippen LogP contribution in [0.15, 0.2) is 42.7 Å². The Bertz CT molecular complexity index is 933. The van der Waals surface area contributed by atoms with E-state index >= 15 is 0 Å². The third-order valence-corrected chi connectivity index (χ3v) is 3.40. The summed E-state index contributed by atoms with van der Waals surface area (Å²) in [6.45, 7) is 0.129. The fraction of sp³-hybridized carbons (Fsp3) is 0.125. The van der Waals surface area contributed by atoms with Crippen LogP contribution in [0.2, 0.25) is 0 Å². The quantitative estimate of drug-likeness (QED) is 0.663. The summed E-state index contributed by atoms with van der Waals surface area (Å²) in [4.78, 5) is 7.68. The SMILES string of the molecule is Cn1ccc(COc2ncc(F)c(NC(=S)Nc3ccccc3F)n2)n1. The van der Waals surface area contributed by atoms with E-state index < -0.39 is 11.6 Å². The number of aromatic nitrogens is 4. The van der Waals surface area contributed by atoms with E-state index in [2.05, 4.69) is 25.7 Å². The molecule has 0 saturated carbocycles. The Morgan fingerprint density at radius 3 is 2.73 bits per heavy atom. The van der Waals surface area contributed by atoms with Gasteiger partial charge in [0.1, 0.15) is 12.4 Å². The van der Waals surface area contributed by atoms with E-state index in [0.29, 0.717) is 5.69 Å². The van der Waals surface area contributed by atoms with Crippen LogP contribution in [0.4, 0.5) is 20.3 Å². The molecule has 26 heavy (non-hydrogen) atoms. The normalized spacial score (nSPS) is 10.4. The van der Waals surface area contributed by atoms with E-state index in [1.165, 1.54) is 12.1 Å². The Balaban J connectivity index is 1.65. The minimum atomic E-state index is -0.729. The highest BCUT2D eigenvalue weighted by atomic mass is 32.1. The highest BCUT2D eigenvalue weighted by molar-refractivity contribution is 7.80. The summed E-state index contributed by atoms with van der Waals surface area (Å²) in [5.74, 6) is -1.41. The summed E-state index contributed by atoms with van der Waals surface area (Å²) in [5, 5.41) is 9.31. The average molecular weight is 376 g/mol. The molecule has 2 heterocycles. The highest BCUT2D eigenvalue weighted by Crippen LogP contribution is 2.16. The molecule has 0 radical (unpaired) electrons. The van der Waals surface area contributed by atoms with Crippen LogP contribution in [0.5, 0.6) is 6.01 Å². The summed E-state index contributed by atoms with van der Waals surface area (Å²) < 4.78 is 34.5. The van der Waals surface area contributed by atoms with Gasteiger partial charge in [-0.15, -0.1) is 0 Å². The van der Waals surface area contributed by atoms with Crippen LogP contribution in [0.1, 0.15) is 5.69 Å². The maximum atomic E-state index is 13.9. The molecule has 2 aromatic heterocycles. The third-order valence-electron chi connectivity index (χ3n) is 3.19. The number of ether oxygens (including phenoxy) is 1. The van der Waals surface area contributed by atoms with Crippen molar-refractivity contribution >= 4 is 28.8 Å². The van der Waals surface area contributed by atoms with Crippen LogP contribution in [0.25, 0.3) is 0 Å². The molecule has 10 heteroatoms. The van der Waals surface area contributed by atoms with Gasteiger partial charge in [0.25, 0.3) is 0 Å². The van der Waals surface area contributed by atoms with Crippen molar-refractivity contribution in [3.05, 3.63) is 60.1 Å². The van der Waals surface area contributed by atoms with Crippen LogP contribution in [-0.4, -0.2) is 24.9 Å². The van der Waals surface area contributed by atoms with Gasteiger partial charge in [-0.25, -0.2) is 13.8 Å². The number of hydrogen-bond acceptors (Lipinski definition) is 5. The number of thiocarbonyl (C=S) groups is 1. The molecule has 7 nitrogen and oxygen atoms in total. The summed E-state index contributed by atoms with van der Waals surface area (Å²) in [6.07, 6.45) is 2.72. The van der Waals surface area contributed by atoms with Gasteiger partial charge in [0.15, 0.2) is 16.7 Å². The molecule has 0 fully saturated rings. The van der Waals surface area contributed by atoms with Gasteiger partial charge in [-0.2, -0.15) is 10.1 Å². The molecule has 0 bridgehead atoms. The molecule has 134 valence electrons. The monoisotopic (exact) mass is 376 g/mol. The lowest BCUT2D eigenvalue weighted by molar-refractivity contribution is 0.274. The van der Waals surface area contributed by atoms with Crippen molar-refractivity contribution in [3.63, 3.8) is 0 Å². The van der Waals surface area contributed by atoms with Gasteiger partial charge < -0.3 is 15.4 Å². The minimum Gasteiger partial charge on any atom is -0.457 e. The molecular weight excluding hydrogens is 362 g/mol. The number of hydrogen-bond donors (Lipinski definition) is 2. The average Bonchev–Trinajstić information content (AvgIpc) is 3.03. The summed E-state index contributed by atoms with van der Waals surface area (Å²) in [6, 6.07) is 7.69. The number of rotatable bonds is 5. The first-order valence-corrected chi connectivity index (χ1v) is 7.88. The van der Waals surface area contributed by atoms with Crippen molar-refractivity contribution in [2.45, 2.75) is 6.61 Å². The lowest BCUT2D eigenvalue weighted by Crippen LogP contribution is -2.21. The zero-order chi connectivity index (χ0) is 18.5. The van der Waals surface area contributed by atoms with Crippen LogP contribution in [0, 0.1) is 11.6 Å². The Hall–Kier alpha value is -3.14. The van der Waals surface area contributed by atoms with Crippen LogP contribution in [-0.2, 0) is 13.7 Å². The van der Waals surface area contributed by atoms with E-state index in [1.54, 1.807) is 36.1 Å². The molecule has 0 amide bonds. The first-order chi connectivity index (χ1) is 12.5. The van der Waals surface area contributed by atoms with Crippen LogP contribution >= 0.6 is 12.2 Å². The van der Waals surface area contributed by atoms with E-state index in [4.69, 9.17) is 17.0 Å². The second kappa shape index (κ2) is 7.83. The number of aryl methyl sites for hydroxylation is 1. The van der Waals surface area contributed by atoms with Crippen molar-refractivity contribution in [2.75, 3.05) is 10.6 Å². The van der Waals surface area contributed by atoms with Crippen molar-refractivity contribution in [2.24, 2.45) is 7.05 Å². The Morgan fingerprint density at radius 1 is 1.19 bits per heavy atom. The fourth-order valence-corrected chi connectivity index (χ4v) is 2.22. The second-order valence-electron chi connectivity index (χ2n) is 5.18. The molecule has 0 spiro atoms. The van der Waals surface area contributed by atoms with E-state index in [9.17, 15) is 8.78 Å². The Kier molecular flexibility index (Phi) is 5.32. The third kappa shape index (κ3) is 4.48. The molecule has 3 aromatic rings. The van der Waals surface area contributed by atoms with Gasteiger partial charge in [0, 0.05) is 13.2 Å². The van der Waals surface area contributed by atoms with Crippen molar-refractivity contribution in [1.29, 1.82) is 0 Å². The van der Waals surface area contributed by atoms with E-state index in [1.807, 2.05) is 0 Å². The number of benzene rings is 1. The lowest BCUT2D eigenvalue weighted by atomic mass is 10.3. The van der Waals surface area contributed by atoms with Crippen molar-refractivity contribution in [3.8, 4) is 6.01 Å². The number of anilines is 2. The smallest absolute Gasteiger partial charge is 0.318 e. The van der Waals surface area contributed by atoms with Crippen LogP contribution in [0.3, 0.4) is 0 Å². The first-order valence-electron chi connectivity index (χ1n) is 7.47. The highest BCUT2D eigenvalue weighted by Gasteiger charge is 2.11. The Morgan fingerprint density at radius 2 is 2.00 bits per heavy atom. The van der Waals surface area contributed by atoms with Gasteiger partial charge in [-0.1, -0.05) is 12.1 Å². The molecule has 2 N–H and O–H groups in total. The lowest BCUT2D eigenvalue weighted by Gasteiger charge is -2.11. The number of nitrogens with one attached hydrogen (secondary N) is 2. The molecule has 0 unspecified atom stereocenters. The van der Waals surface area contributed by atoms with Crippen LogP contribution < -0.4 is 15.4 Å². The molecular formula is C16H14F2N6OS. The van der Waals surface area contributed by atoms with E-state index in [0.717, 1.165) is 6.20 Å². The number of halogens is 2. The Labute approximate surface area is 153 Å². The maximum absolute atomic E-state index is 13.9. The molecule has 1 aromatic carbocycles. The van der Waals surface area contributed by atoms with Crippen molar-refractivity contribution in [1.82, 2.24) is 19.7 Å². The molecule has 0 atom stereocenters. The summed E-state index contributed by atoms with van der Waals surface area (Å²) in [7, 11) is 1.78. The molecule has 3 rings (SSSR count). The largest absolute Gasteiger partial charge is 0.457 e. The summed E-state index contributed by atoms with van der Waals surface area (Å²) in [5.41, 5.74) is 0.831. The zero-order valence-corrected chi connectivity index (χ0v) is 14.4. The predicted octanol–water partition coefficient (Wildman–Crippen LogP) is 2.88. The molecule has 0 saturated heterocycles. The molecule has 0 aliphatic heterocycles. The first kappa shape index (κ1) is 17.7. The molecule has 0 aliphatic rings. The zero-order valence-electron chi connectivity index (χ0n) is 13.6. The van der Waals surface area contributed by atoms with Gasteiger partial charge >= 0.3 is 6.01 Å². The second-order valence-corrected chi connectivity index (χ2v) is 5.59. The minimum absolute atomic E-state index is 0.0247. The van der Waals surface area contributed by atoms with Gasteiger partial charge in [-0.05, 0) is 30.4 Å². The van der Waals surface area contributed by atoms with Gasteiger partial charge in [0.05, 0.1) is 17.6 Å². The standard InChI is InChI=1S/C16H14F2N6OS/c1-24-7-6-10(23-24)9-25-15-19-8-12(18)14(21-15)22-16(26)20-13-5-3-2-4-11(13)17/h2-8H,9H2,1H3,(H2,19,20,21,22,26).